The molecule has 1 aromatic carbocycles. The van der Waals surface area contributed by atoms with E-state index in [1.165, 1.54) is 6.92 Å². The van der Waals surface area contributed by atoms with Crippen LogP contribution in [0, 0.1) is 5.41 Å². The molecule has 5 nitrogen and oxygen atoms in total. The predicted octanol–water partition coefficient (Wildman–Crippen LogP) is 1.41. The molecule has 0 aliphatic heterocycles. The van der Waals surface area contributed by atoms with Gasteiger partial charge in [0.1, 0.15) is 5.41 Å². The number of benzene rings is 1. The van der Waals surface area contributed by atoms with Crippen molar-refractivity contribution in [2.75, 3.05) is 12.4 Å². The highest BCUT2D eigenvalue weighted by atomic mass is 79.9. The number of aliphatic hydroxyl groups excluding tert-OH is 1. The lowest BCUT2D eigenvalue weighted by atomic mass is 10.0. The van der Waals surface area contributed by atoms with Crippen molar-refractivity contribution >= 4 is 31.7 Å². The molecule has 7 heteroatoms. The second kappa shape index (κ2) is 5.13. The van der Waals surface area contributed by atoms with Gasteiger partial charge in [-0.05, 0) is 17.7 Å². The molecule has 0 bridgehead atoms. The number of aliphatic hydroxyl groups is 1. The third-order valence-electron chi connectivity index (χ3n) is 3.93. The molecule has 0 saturated heterocycles. The summed E-state index contributed by atoms with van der Waals surface area (Å²) in [5.41, 5.74) is -1.01. The second-order valence-corrected chi connectivity index (χ2v) is 8.23. The van der Waals surface area contributed by atoms with Crippen molar-refractivity contribution in [1.82, 2.24) is 0 Å². The molecule has 1 fully saturated rings. The fraction of sp³-hybridized carbons (Fsp3) is 0.462. The van der Waals surface area contributed by atoms with Crippen molar-refractivity contribution in [3.63, 3.8) is 0 Å². The zero-order valence-electron chi connectivity index (χ0n) is 10.8. The van der Waals surface area contributed by atoms with Crippen molar-refractivity contribution in [3.05, 3.63) is 34.3 Å². The van der Waals surface area contributed by atoms with Crippen molar-refractivity contribution in [2.45, 2.75) is 18.1 Å². The first-order valence-corrected chi connectivity index (χ1v) is 8.63. The molecule has 3 atom stereocenters. The van der Waals surface area contributed by atoms with Gasteiger partial charge in [0.25, 0.3) is 0 Å². The Morgan fingerprint density at radius 3 is 2.30 bits per heavy atom. The Kier molecular flexibility index (Phi) is 3.96. The van der Waals surface area contributed by atoms with E-state index in [4.69, 9.17) is 0 Å². The average molecular weight is 363 g/mol. The molecule has 1 aliphatic carbocycles. The standard InChI is InChI=1S/C13H15BrO5S/c1-2-20(18,19)11-10(13(11,7-15)12(16)17)8-3-5-9(14)6-4-8/h3-6,10-11,15H,2,7H2,1H3,(H,16,17). The SMILES string of the molecule is CCS(=O)(=O)C1C(c2ccc(Br)cc2)C1(CO)C(=O)O. The highest BCUT2D eigenvalue weighted by molar-refractivity contribution is 9.10. The summed E-state index contributed by atoms with van der Waals surface area (Å²) >= 11 is 3.27. The molecule has 110 valence electrons. The normalized spacial score (nSPS) is 29.1. The second-order valence-electron chi connectivity index (χ2n) is 4.90. The molecule has 0 radical (unpaired) electrons. The quantitative estimate of drug-likeness (QED) is 0.826. The van der Waals surface area contributed by atoms with Crippen molar-refractivity contribution < 1.29 is 23.4 Å². The molecule has 0 spiro atoms. The van der Waals surface area contributed by atoms with Crippen LogP contribution in [0.1, 0.15) is 18.4 Å². The lowest BCUT2D eigenvalue weighted by molar-refractivity contribution is -0.145. The maximum atomic E-state index is 12.1. The number of halogens is 1. The Morgan fingerprint density at radius 1 is 1.35 bits per heavy atom. The lowest BCUT2D eigenvalue weighted by Crippen LogP contribution is -2.28. The fourth-order valence-corrected chi connectivity index (χ4v) is 5.09. The van der Waals surface area contributed by atoms with Gasteiger partial charge in [0, 0.05) is 16.1 Å². The van der Waals surface area contributed by atoms with Gasteiger partial charge in [-0.3, -0.25) is 4.79 Å². The van der Waals surface area contributed by atoms with Crippen LogP contribution < -0.4 is 0 Å². The Morgan fingerprint density at radius 2 is 1.90 bits per heavy atom. The Hall–Kier alpha value is -0.920. The molecule has 0 amide bonds. The highest BCUT2D eigenvalue weighted by Crippen LogP contribution is 2.63. The van der Waals surface area contributed by atoms with Gasteiger partial charge in [0.05, 0.1) is 11.9 Å². The monoisotopic (exact) mass is 362 g/mol. The third kappa shape index (κ3) is 2.17. The minimum atomic E-state index is -3.55. The molecular formula is C13H15BrO5S. The van der Waals surface area contributed by atoms with Crippen molar-refractivity contribution in [1.29, 1.82) is 0 Å². The number of hydrogen-bond donors (Lipinski definition) is 2. The van der Waals surface area contributed by atoms with E-state index in [-0.39, 0.29) is 5.75 Å². The highest BCUT2D eigenvalue weighted by Gasteiger charge is 2.75. The van der Waals surface area contributed by atoms with E-state index in [1.807, 2.05) is 0 Å². The van der Waals surface area contributed by atoms with Crippen molar-refractivity contribution in [2.24, 2.45) is 5.41 Å². The number of rotatable bonds is 5. The molecule has 3 unspecified atom stereocenters. The van der Waals surface area contributed by atoms with E-state index in [0.717, 1.165) is 4.47 Å². The molecule has 0 heterocycles. The summed E-state index contributed by atoms with van der Waals surface area (Å²) in [5, 5.41) is 17.8. The van der Waals surface area contributed by atoms with Gasteiger partial charge in [-0.1, -0.05) is 35.0 Å². The first kappa shape index (κ1) is 15.5. The first-order chi connectivity index (χ1) is 9.31. The molecule has 20 heavy (non-hydrogen) atoms. The Labute approximate surface area is 125 Å². The number of carboxylic acids is 1. The Balaban J connectivity index is 2.50. The maximum absolute atomic E-state index is 12.1. The van der Waals surface area contributed by atoms with Crippen LogP contribution in [0.2, 0.25) is 0 Å². The van der Waals surface area contributed by atoms with E-state index >= 15 is 0 Å². The fourth-order valence-electron chi connectivity index (χ4n) is 2.77. The van der Waals surface area contributed by atoms with Crippen LogP contribution in [-0.4, -0.2) is 42.2 Å². The summed E-state index contributed by atoms with van der Waals surface area (Å²) in [6, 6.07) is 6.83. The summed E-state index contributed by atoms with van der Waals surface area (Å²) in [6.07, 6.45) is 0. The first-order valence-electron chi connectivity index (χ1n) is 6.12. The third-order valence-corrected chi connectivity index (χ3v) is 6.73. The van der Waals surface area contributed by atoms with E-state index in [0.29, 0.717) is 5.56 Å². The summed E-state index contributed by atoms with van der Waals surface area (Å²) in [7, 11) is -3.55. The summed E-state index contributed by atoms with van der Waals surface area (Å²) in [4.78, 5) is 11.5. The number of carbonyl (C=O) groups is 1. The van der Waals surface area contributed by atoms with Crippen LogP contribution in [0.3, 0.4) is 0 Å². The zero-order chi connectivity index (χ0) is 15.1. The van der Waals surface area contributed by atoms with E-state index in [1.54, 1.807) is 24.3 Å². The van der Waals surface area contributed by atoms with Gasteiger partial charge in [0.15, 0.2) is 9.84 Å². The molecule has 1 aliphatic rings. The molecule has 2 N–H and O–H groups in total. The number of sulfone groups is 1. The Bertz CT molecular complexity index is 625. The molecular weight excluding hydrogens is 348 g/mol. The van der Waals surface area contributed by atoms with Crippen molar-refractivity contribution in [3.8, 4) is 0 Å². The van der Waals surface area contributed by atoms with Crippen LogP contribution in [0.15, 0.2) is 28.7 Å². The van der Waals surface area contributed by atoms with Crippen LogP contribution in [0.4, 0.5) is 0 Å². The molecule has 1 aromatic rings. The van der Waals surface area contributed by atoms with Gasteiger partial charge in [-0.25, -0.2) is 8.42 Å². The van der Waals surface area contributed by atoms with E-state index < -0.39 is 39.0 Å². The van der Waals surface area contributed by atoms with Gasteiger partial charge in [-0.15, -0.1) is 0 Å². The summed E-state index contributed by atoms with van der Waals surface area (Å²) < 4.78 is 25.0. The summed E-state index contributed by atoms with van der Waals surface area (Å²) in [5.74, 6) is -2.11. The average Bonchev–Trinajstić information content (AvgIpc) is 3.11. The minimum absolute atomic E-state index is 0.139. The van der Waals surface area contributed by atoms with E-state index in [2.05, 4.69) is 15.9 Å². The van der Waals surface area contributed by atoms with Crippen LogP contribution in [-0.2, 0) is 14.6 Å². The topological polar surface area (TPSA) is 91.7 Å². The van der Waals surface area contributed by atoms with Crippen LogP contribution in [0.5, 0.6) is 0 Å². The maximum Gasteiger partial charge on any atom is 0.314 e. The molecule has 1 saturated carbocycles. The molecule has 0 aromatic heterocycles. The van der Waals surface area contributed by atoms with Crippen LogP contribution >= 0.6 is 15.9 Å². The predicted molar refractivity (Wildman–Crippen MR) is 77.3 cm³/mol. The lowest BCUT2D eigenvalue weighted by Gasteiger charge is -2.08. The van der Waals surface area contributed by atoms with Gasteiger partial charge >= 0.3 is 5.97 Å². The van der Waals surface area contributed by atoms with Gasteiger partial charge in [0.2, 0.25) is 0 Å². The molecule has 2 rings (SSSR count). The van der Waals surface area contributed by atoms with Gasteiger partial charge < -0.3 is 10.2 Å². The number of carboxylic acid groups (broad SMARTS) is 1. The van der Waals surface area contributed by atoms with E-state index in [9.17, 15) is 23.4 Å². The summed E-state index contributed by atoms with van der Waals surface area (Å²) in [6.45, 7) is 0.795. The number of hydrogen-bond acceptors (Lipinski definition) is 4. The number of aliphatic carboxylic acids is 1. The smallest absolute Gasteiger partial charge is 0.314 e. The largest absolute Gasteiger partial charge is 0.481 e. The minimum Gasteiger partial charge on any atom is -0.481 e. The van der Waals surface area contributed by atoms with Crippen LogP contribution in [0.25, 0.3) is 0 Å². The van der Waals surface area contributed by atoms with Gasteiger partial charge in [-0.2, -0.15) is 0 Å². The zero-order valence-corrected chi connectivity index (χ0v) is 13.2.